The Morgan fingerprint density at radius 1 is 1.42 bits per heavy atom. The quantitative estimate of drug-likeness (QED) is 0.820. The summed E-state index contributed by atoms with van der Waals surface area (Å²) in [5.41, 5.74) is 1.97. The Kier molecular flexibility index (Phi) is 5.87. The van der Waals surface area contributed by atoms with Crippen molar-refractivity contribution in [2.75, 3.05) is 6.61 Å². The third-order valence-electron chi connectivity index (χ3n) is 5.01. The molecule has 1 aliphatic rings. The van der Waals surface area contributed by atoms with Gasteiger partial charge in [0.2, 0.25) is 0 Å². The lowest BCUT2D eigenvalue weighted by Gasteiger charge is -2.22. The molecule has 1 fully saturated rings. The van der Waals surface area contributed by atoms with E-state index in [9.17, 15) is 4.79 Å². The van der Waals surface area contributed by atoms with Crippen LogP contribution >= 0.6 is 11.6 Å². The van der Waals surface area contributed by atoms with Crippen molar-refractivity contribution >= 4 is 17.5 Å². The van der Waals surface area contributed by atoms with Crippen molar-refractivity contribution in [2.24, 2.45) is 0 Å². The number of carbonyl (C=O) groups excluding carboxylic acids is 1. The Balaban J connectivity index is 1.62. The Labute approximate surface area is 159 Å². The highest BCUT2D eigenvalue weighted by Gasteiger charge is 2.29. The lowest BCUT2D eigenvalue weighted by atomic mass is 10.0. The van der Waals surface area contributed by atoms with E-state index in [0.29, 0.717) is 0 Å². The highest BCUT2D eigenvalue weighted by molar-refractivity contribution is 6.31. The smallest absolute Gasteiger partial charge is 0.258 e. The summed E-state index contributed by atoms with van der Waals surface area (Å²) in [5.74, 6) is 0.908. The molecule has 0 spiro atoms. The SMILES string of the molecule is Cc1cc(OCC(=O)N[C@H]2CCC[C@@H]2n2ccnc2)c(C(C)C)cc1Cl. The highest BCUT2D eigenvalue weighted by atomic mass is 35.5. The van der Waals surface area contributed by atoms with Gasteiger partial charge in [-0.15, -0.1) is 0 Å². The van der Waals surface area contributed by atoms with Crippen LogP contribution in [0.3, 0.4) is 0 Å². The maximum absolute atomic E-state index is 12.4. The second-order valence-corrected chi connectivity index (χ2v) is 7.67. The molecule has 1 heterocycles. The zero-order valence-corrected chi connectivity index (χ0v) is 16.3. The van der Waals surface area contributed by atoms with Crippen LogP contribution in [0.2, 0.25) is 5.02 Å². The fraction of sp³-hybridized carbons (Fsp3) is 0.500. The predicted molar refractivity (Wildman–Crippen MR) is 103 cm³/mol. The summed E-state index contributed by atoms with van der Waals surface area (Å²) in [6.45, 7) is 6.12. The molecule has 1 amide bonds. The van der Waals surface area contributed by atoms with Crippen LogP contribution in [0.4, 0.5) is 0 Å². The number of carbonyl (C=O) groups is 1. The van der Waals surface area contributed by atoms with Gasteiger partial charge in [0.05, 0.1) is 12.4 Å². The van der Waals surface area contributed by atoms with Gasteiger partial charge in [0, 0.05) is 23.5 Å². The average molecular weight is 376 g/mol. The van der Waals surface area contributed by atoms with Crippen LogP contribution in [0.25, 0.3) is 0 Å². The third-order valence-corrected chi connectivity index (χ3v) is 5.41. The Bertz CT molecular complexity index is 759. The molecule has 0 aliphatic heterocycles. The van der Waals surface area contributed by atoms with Crippen molar-refractivity contribution in [2.45, 2.75) is 58.0 Å². The minimum absolute atomic E-state index is 0.00788. The molecule has 1 saturated carbocycles. The van der Waals surface area contributed by atoms with Crippen LogP contribution in [0.1, 0.15) is 56.2 Å². The molecule has 5 nitrogen and oxygen atoms in total. The van der Waals surface area contributed by atoms with Gasteiger partial charge in [-0.05, 0) is 55.4 Å². The lowest BCUT2D eigenvalue weighted by Crippen LogP contribution is -2.40. The summed E-state index contributed by atoms with van der Waals surface area (Å²) in [7, 11) is 0. The van der Waals surface area contributed by atoms with Gasteiger partial charge in [-0.25, -0.2) is 4.98 Å². The number of rotatable bonds is 6. The first kappa shape index (κ1) is 18.8. The van der Waals surface area contributed by atoms with E-state index >= 15 is 0 Å². The number of aryl methyl sites for hydroxylation is 1. The summed E-state index contributed by atoms with van der Waals surface area (Å²) in [4.78, 5) is 16.5. The van der Waals surface area contributed by atoms with Gasteiger partial charge in [-0.2, -0.15) is 0 Å². The van der Waals surface area contributed by atoms with Gasteiger partial charge in [-0.1, -0.05) is 25.4 Å². The number of imidazole rings is 1. The minimum Gasteiger partial charge on any atom is -0.483 e. The number of aromatic nitrogens is 2. The van der Waals surface area contributed by atoms with Crippen molar-refractivity contribution in [3.63, 3.8) is 0 Å². The molecule has 1 aromatic heterocycles. The number of benzene rings is 1. The molecule has 2 atom stereocenters. The standard InChI is InChI=1S/C20H26ClN3O2/c1-13(2)15-10-16(21)14(3)9-19(15)26-11-20(25)23-17-5-4-6-18(17)24-8-7-22-12-24/h7-10,12-13,17-18H,4-6,11H2,1-3H3,(H,23,25)/t17-,18-/m0/s1. The lowest BCUT2D eigenvalue weighted by molar-refractivity contribution is -0.124. The van der Waals surface area contributed by atoms with Gasteiger partial charge in [0.15, 0.2) is 6.61 Å². The summed E-state index contributed by atoms with van der Waals surface area (Å²) < 4.78 is 7.92. The molecule has 0 bridgehead atoms. The fourth-order valence-electron chi connectivity index (χ4n) is 3.57. The van der Waals surface area contributed by atoms with Crippen LogP contribution in [0, 0.1) is 6.92 Å². The zero-order valence-electron chi connectivity index (χ0n) is 15.5. The van der Waals surface area contributed by atoms with E-state index in [1.807, 2.05) is 31.6 Å². The Morgan fingerprint density at radius 3 is 2.92 bits per heavy atom. The molecule has 2 aromatic rings. The number of amides is 1. The number of nitrogens with one attached hydrogen (secondary N) is 1. The van der Waals surface area contributed by atoms with E-state index in [-0.39, 0.29) is 30.5 Å². The van der Waals surface area contributed by atoms with Crippen LogP contribution < -0.4 is 10.1 Å². The van der Waals surface area contributed by atoms with E-state index in [1.165, 1.54) is 0 Å². The van der Waals surface area contributed by atoms with E-state index in [1.54, 1.807) is 6.20 Å². The summed E-state index contributed by atoms with van der Waals surface area (Å²) in [5, 5.41) is 3.85. The summed E-state index contributed by atoms with van der Waals surface area (Å²) >= 11 is 6.23. The summed E-state index contributed by atoms with van der Waals surface area (Å²) in [6.07, 6.45) is 8.68. The van der Waals surface area contributed by atoms with E-state index in [4.69, 9.17) is 16.3 Å². The topological polar surface area (TPSA) is 56.1 Å². The minimum atomic E-state index is -0.0932. The number of halogens is 1. The average Bonchev–Trinajstić information content (AvgIpc) is 3.26. The van der Waals surface area contributed by atoms with Crippen molar-refractivity contribution < 1.29 is 9.53 Å². The molecular formula is C20H26ClN3O2. The number of ether oxygens (including phenoxy) is 1. The third kappa shape index (κ3) is 4.21. The van der Waals surface area contributed by atoms with Gasteiger partial charge < -0.3 is 14.6 Å². The first-order valence-electron chi connectivity index (χ1n) is 9.15. The van der Waals surface area contributed by atoms with E-state index in [0.717, 1.165) is 41.2 Å². The van der Waals surface area contributed by atoms with Gasteiger partial charge in [-0.3, -0.25) is 4.79 Å². The molecule has 1 aromatic carbocycles. The fourth-order valence-corrected chi connectivity index (χ4v) is 3.74. The molecule has 1 aliphatic carbocycles. The van der Waals surface area contributed by atoms with Crippen LogP contribution in [-0.4, -0.2) is 28.1 Å². The summed E-state index contributed by atoms with van der Waals surface area (Å²) in [6, 6.07) is 4.23. The van der Waals surface area contributed by atoms with Gasteiger partial charge in [0.25, 0.3) is 5.91 Å². The van der Waals surface area contributed by atoms with Crippen LogP contribution in [0.15, 0.2) is 30.9 Å². The van der Waals surface area contributed by atoms with E-state index in [2.05, 4.69) is 28.7 Å². The molecule has 0 unspecified atom stereocenters. The monoisotopic (exact) mass is 375 g/mol. The van der Waals surface area contributed by atoms with Gasteiger partial charge in [0.1, 0.15) is 5.75 Å². The van der Waals surface area contributed by atoms with E-state index < -0.39 is 0 Å². The molecule has 26 heavy (non-hydrogen) atoms. The number of hydrogen-bond donors (Lipinski definition) is 1. The van der Waals surface area contributed by atoms with Crippen molar-refractivity contribution in [1.29, 1.82) is 0 Å². The van der Waals surface area contributed by atoms with Crippen LogP contribution in [-0.2, 0) is 4.79 Å². The Hall–Kier alpha value is -2.01. The maximum Gasteiger partial charge on any atom is 0.258 e. The Morgan fingerprint density at radius 2 is 2.23 bits per heavy atom. The van der Waals surface area contributed by atoms with Crippen molar-refractivity contribution in [3.05, 3.63) is 47.0 Å². The molecule has 0 saturated heterocycles. The number of hydrogen-bond acceptors (Lipinski definition) is 3. The number of nitrogens with zero attached hydrogens (tertiary/aromatic N) is 2. The molecular weight excluding hydrogens is 350 g/mol. The molecule has 6 heteroatoms. The highest BCUT2D eigenvalue weighted by Crippen LogP contribution is 2.32. The first-order chi connectivity index (χ1) is 12.5. The van der Waals surface area contributed by atoms with Crippen molar-refractivity contribution in [1.82, 2.24) is 14.9 Å². The second-order valence-electron chi connectivity index (χ2n) is 7.26. The first-order valence-corrected chi connectivity index (χ1v) is 9.53. The molecule has 1 N–H and O–H groups in total. The largest absolute Gasteiger partial charge is 0.483 e. The maximum atomic E-state index is 12.4. The van der Waals surface area contributed by atoms with Gasteiger partial charge >= 0.3 is 0 Å². The predicted octanol–water partition coefficient (Wildman–Crippen LogP) is 4.26. The zero-order chi connectivity index (χ0) is 18.7. The molecule has 0 radical (unpaired) electrons. The van der Waals surface area contributed by atoms with Crippen LogP contribution in [0.5, 0.6) is 5.75 Å². The molecule has 140 valence electrons. The normalized spacial score (nSPS) is 19.7. The van der Waals surface area contributed by atoms with Crippen molar-refractivity contribution in [3.8, 4) is 5.75 Å². The second kappa shape index (κ2) is 8.12. The molecule has 3 rings (SSSR count).